The highest BCUT2D eigenvalue weighted by atomic mass is 16.5. The Bertz CT molecular complexity index is 625. The fraction of sp³-hybridized carbons (Fsp3) is 0.200. The van der Waals surface area contributed by atoms with Gasteiger partial charge >= 0.3 is 5.97 Å². The van der Waals surface area contributed by atoms with Crippen LogP contribution in [0.4, 0.5) is 0 Å². The molecule has 0 saturated carbocycles. The standard InChI is InChI=1S/C15H15NO4/c1-10-5-3-8-14(16-10)20-9-12-11(15(17)18)6-4-7-13(12)19-2/h3-8H,9H2,1-2H3,(H,17,18). The Labute approximate surface area is 116 Å². The molecular formula is C15H15NO4. The van der Waals surface area contributed by atoms with Gasteiger partial charge in [-0.3, -0.25) is 0 Å². The SMILES string of the molecule is COc1cccc(C(=O)O)c1COc1cccc(C)n1. The van der Waals surface area contributed by atoms with Crippen molar-refractivity contribution in [1.82, 2.24) is 4.98 Å². The smallest absolute Gasteiger partial charge is 0.336 e. The molecule has 1 heterocycles. The Hall–Kier alpha value is -2.56. The van der Waals surface area contributed by atoms with Crippen LogP contribution in [-0.2, 0) is 6.61 Å². The van der Waals surface area contributed by atoms with Crippen molar-refractivity contribution in [3.63, 3.8) is 0 Å². The van der Waals surface area contributed by atoms with Gasteiger partial charge in [0.05, 0.1) is 12.7 Å². The number of aromatic carboxylic acids is 1. The molecule has 0 radical (unpaired) electrons. The molecular weight excluding hydrogens is 258 g/mol. The minimum absolute atomic E-state index is 0.0854. The van der Waals surface area contributed by atoms with Crippen LogP contribution in [0, 0.1) is 6.92 Å². The lowest BCUT2D eigenvalue weighted by atomic mass is 10.1. The summed E-state index contributed by atoms with van der Waals surface area (Å²) >= 11 is 0. The van der Waals surface area contributed by atoms with Gasteiger partial charge in [-0.1, -0.05) is 12.1 Å². The van der Waals surface area contributed by atoms with E-state index >= 15 is 0 Å². The highest BCUT2D eigenvalue weighted by Gasteiger charge is 2.15. The van der Waals surface area contributed by atoms with E-state index in [0.29, 0.717) is 17.2 Å². The largest absolute Gasteiger partial charge is 0.496 e. The van der Waals surface area contributed by atoms with E-state index in [-0.39, 0.29) is 12.2 Å². The number of rotatable bonds is 5. The van der Waals surface area contributed by atoms with Crippen molar-refractivity contribution < 1.29 is 19.4 Å². The topological polar surface area (TPSA) is 68.7 Å². The fourth-order valence-electron chi connectivity index (χ4n) is 1.85. The molecule has 0 aliphatic heterocycles. The van der Waals surface area contributed by atoms with E-state index in [4.69, 9.17) is 9.47 Å². The van der Waals surface area contributed by atoms with Crippen molar-refractivity contribution in [2.24, 2.45) is 0 Å². The molecule has 0 spiro atoms. The van der Waals surface area contributed by atoms with Gasteiger partial charge in [0.25, 0.3) is 0 Å². The number of aromatic nitrogens is 1. The summed E-state index contributed by atoms with van der Waals surface area (Å²) in [5, 5.41) is 9.20. The number of nitrogens with zero attached hydrogens (tertiary/aromatic N) is 1. The third-order valence-corrected chi connectivity index (χ3v) is 2.81. The Morgan fingerprint density at radius 1 is 1.25 bits per heavy atom. The zero-order chi connectivity index (χ0) is 14.5. The van der Waals surface area contributed by atoms with Crippen molar-refractivity contribution in [2.45, 2.75) is 13.5 Å². The van der Waals surface area contributed by atoms with Gasteiger partial charge < -0.3 is 14.6 Å². The Kier molecular flexibility index (Phi) is 4.20. The minimum Gasteiger partial charge on any atom is -0.496 e. The van der Waals surface area contributed by atoms with Crippen LogP contribution in [0.3, 0.4) is 0 Å². The maximum absolute atomic E-state index is 11.2. The van der Waals surface area contributed by atoms with E-state index in [2.05, 4.69) is 4.98 Å². The molecule has 5 heteroatoms. The van der Waals surface area contributed by atoms with Gasteiger partial charge in [-0.2, -0.15) is 0 Å². The third-order valence-electron chi connectivity index (χ3n) is 2.81. The average molecular weight is 273 g/mol. The number of carboxylic acids is 1. The normalized spacial score (nSPS) is 10.1. The maximum atomic E-state index is 11.2. The van der Waals surface area contributed by atoms with Crippen LogP contribution in [0.25, 0.3) is 0 Å². The van der Waals surface area contributed by atoms with Crippen molar-refractivity contribution >= 4 is 5.97 Å². The van der Waals surface area contributed by atoms with E-state index < -0.39 is 5.97 Å². The number of benzene rings is 1. The third kappa shape index (κ3) is 3.06. The molecule has 0 aliphatic carbocycles. The molecule has 0 bridgehead atoms. The van der Waals surface area contributed by atoms with Gasteiger partial charge in [0.2, 0.25) is 5.88 Å². The molecule has 5 nitrogen and oxygen atoms in total. The lowest BCUT2D eigenvalue weighted by Crippen LogP contribution is -2.08. The highest BCUT2D eigenvalue weighted by Crippen LogP contribution is 2.24. The monoisotopic (exact) mass is 273 g/mol. The molecule has 20 heavy (non-hydrogen) atoms. The molecule has 0 atom stereocenters. The van der Waals surface area contributed by atoms with E-state index in [9.17, 15) is 9.90 Å². The molecule has 0 unspecified atom stereocenters. The van der Waals surface area contributed by atoms with Crippen LogP contribution < -0.4 is 9.47 Å². The average Bonchev–Trinajstić information content (AvgIpc) is 2.44. The summed E-state index contributed by atoms with van der Waals surface area (Å²) in [6, 6.07) is 10.3. The lowest BCUT2D eigenvalue weighted by Gasteiger charge is -2.12. The van der Waals surface area contributed by atoms with E-state index in [1.54, 1.807) is 18.2 Å². The highest BCUT2D eigenvalue weighted by molar-refractivity contribution is 5.90. The first kappa shape index (κ1) is 13.9. The lowest BCUT2D eigenvalue weighted by molar-refractivity contribution is 0.0693. The molecule has 1 N–H and O–H groups in total. The Morgan fingerprint density at radius 3 is 2.65 bits per heavy atom. The van der Waals surface area contributed by atoms with Crippen LogP contribution in [-0.4, -0.2) is 23.2 Å². The second-order valence-electron chi connectivity index (χ2n) is 4.20. The molecule has 0 saturated heterocycles. The van der Waals surface area contributed by atoms with Crippen LogP contribution in [0.2, 0.25) is 0 Å². The van der Waals surface area contributed by atoms with Crippen molar-refractivity contribution in [2.75, 3.05) is 7.11 Å². The minimum atomic E-state index is -1.01. The Balaban J connectivity index is 2.26. The van der Waals surface area contributed by atoms with Crippen LogP contribution in [0.1, 0.15) is 21.6 Å². The number of methoxy groups -OCH3 is 1. The number of ether oxygens (including phenoxy) is 2. The summed E-state index contributed by atoms with van der Waals surface area (Å²) in [7, 11) is 1.50. The molecule has 104 valence electrons. The van der Waals surface area contributed by atoms with Crippen LogP contribution >= 0.6 is 0 Å². The van der Waals surface area contributed by atoms with E-state index in [0.717, 1.165) is 5.69 Å². The predicted octanol–water partition coefficient (Wildman–Crippen LogP) is 2.68. The molecule has 1 aromatic carbocycles. The first-order valence-corrected chi connectivity index (χ1v) is 6.07. The zero-order valence-electron chi connectivity index (χ0n) is 11.3. The summed E-state index contributed by atoms with van der Waals surface area (Å²) in [5.41, 5.74) is 1.49. The summed E-state index contributed by atoms with van der Waals surface area (Å²) in [6.45, 7) is 1.95. The van der Waals surface area contributed by atoms with Gasteiger partial charge in [-0.25, -0.2) is 9.78 Å². The van der Waals surface area contributed by atoms with Gasteiger partial charge in [0, 0.05) is 17.3 Å². The van der Waals surface area contributed by atoms with E-state index in [1.165, 1.54) is 13.2 Å². The number of carboxylic acid groups (broad SMARTS) is 1. The number of pyridine rings is 1. The van der Waals surface area contributed by atoms with Gasteiger partial charge in [-0.05, 0) is 25.1 Å². The zero-order valence-corrected chi connectivity index (χ0v) is 11.3. The molecule has 0 amide bonds. The summed E-state index contributed by atoms with van der Waals surface area (Å²) < 4.78 is 10.7. The fourth-order valence-corrected chi connectivity index (χ4v) is 1.85. The molecule has 2 aromatic rings. The number of hydrogen-bond acceptors (Lipinski definition) is 4. The van der Waals surface area contributed by atoms with Crippen molar-refractivity contribution in [3.05, 3.63) is 53.2 Å². The summed E-state index contributed by atoms with van der Waals surface area (Å²) in [5.74, 6) is -0.0792. The first-order valence-electron chi connectivity index (χ1n) is 6.07. The van der Waals surface area contributed by atoms with Crippen molar-refractivity contribution in [1.29, 1.82) is 0 Å². The summed E-state index contributed by atoms with van der Waals surface area (Å²) in [6.07, 6.45) is 0. The number of carbonyl (C=O) groups is 1. The summed E-state index contributed by atoms with van der Waals surface area (Å²) in [4.78, 5) is 15.4. The molecule has 2 rings (SSSR count). The van der Waals surface area contributed by atoms with Gasteiger partial charge in [0.1, 0.15) is 12.4 Å². The van der Waals surface area contributed by atoms with Crippen LogP contribution in [0.15, 0.2) is 36.4 Å². The molecule has 0 fully saturated rings. The number of aryl methyl sites for hydroxylation is 1. The second-order valence-corrected chi connectivity index (χ2v) is 4.20. The quantitative estimate of drug-likeness (QED) is 0.907. The number of hydrogen-bond donors (Lipinski definition) is 1. The van der Waals surface area contributed by atoms with E-state index in [1.807, 2.05) is 19.1 Å². The van der Waals surface area contributed by atoms with Crippen LogP contribution in [0.5, 0.6) is 11.6 Å². The van der Waals surface area contributed by atoms with Crippen molar-refractivity contribution in [3.8, 4) is 11.6 Å². The Morgan fingerprint density at radius 2 is 2.00 bits per heavy atom. The maximum Gasteiger partial charge on any atom is 0.336 e. The van der Waals surface area contributed by atoms with Gasteiger partial charge in [0.15, 0.2) is 0 Å². The molecule has 1 aromatic heterocycles. The van der Waals surface area contributed by atoms with Gasteiger partial charge in [-0.15, -0.1) is 0 Å². The molecule has 0 aliphatic rings. The first-order chi connectivity index (χ1) is 9.61. The predicted molar refractivity (Wildman–Crippen MR) is 73.3 cm³/mol. The second kappa shape index (κ2) is 6.06.